The molecule has 1 saturated carbocycles. The molecule has 3 nitrogen and oxygen atoms in total. The van der Waals surface area contributed by atoms with Crippen molar-refractivity contribution in [1.29, 1.82) is 0 Å². The summed E-state index contributed by atoms with van der Waals surface area (Å²) in [5.41, 5.74) is 1.33. The number of rotatable bonds is 4. The summed E-state index contributed by atoms with van der Waals surface area (Å²) in [5, 5.41) is 0. The molecule has 1 heterocycles. The first kappa shape index (κ1) is 14.6. The van der Waals surface area contributed by atoms with E-state index in [4.69, 9.17) is 9.47 Å². The zero-order valence-corrected chi connectivity index (χ0v) is 13.0. The van der Waals surface area contributed by atoms with Gasteiger partial charge in [-0.3, -0.25) is 4.79 Å². The van der Waals surface area contributed by atoms with Crippen LogP contribution in [0.3, 0.4) is 0 Å². The first-order chi connectivity index (χ1) is 10.1. The molecule has 0 radical (unpaired) electrons. The van der Waals surface area contributed by atoms with Crippen molar-refractivity contribution in [3.63, 3.8) is 0 Å². The molecule has 114 valence electrons. The van der Waals surface area contributed by atoms with Crippen LogP contribution in [0.4, 0.5) is 0 Å². The quantitative estimate of drug-likeness (QED) is 0.791. The minimum absolute atomic E-state index is 0.158. The average molecular weight is 288 g/mol. The number of fused-ring (bicyclic) bond motifs is 1. The Bertz CT molecular complexity index is 527. The zero-order valence-electron chi connectivity index (χ0n) is 13.0. The fourth-order valence-electron chi connectivity index (χ4n) is 3.53. The van der Waals surface area contributed by atoms with Crippen LogP contribution in [-0.4, -0.2) is 24.6 Å². The third kappa shape index (κ3) is 2.71. The molecule has 3 rings (SSSR count). The predicted molar refractivity (Wildman–Crippen MR) is 82.0 cm³/mol. The zero-order chi connectivity index (χ0) is 14.9. The predicted octanol–water partition coefficient (Wildman–Crippen LogP) is 3.79. The van der Waals surface area contributed by atoms with Crippen LogP contribution in [0.2, 0.25) is 0 Å². The highest BCUT2D eigenvalue weighted by atomic mass is 16.5. The van der Waals surface area contributed by atoms with Crippen LogP contribution in [-0.2, 0) is 11.2 Å². The van der Waals surface area contributed by atoms with Crippen LogP contribution in [0.15, 0.2) is 18.2 Å². The summed E-state index contributed by atoms with van der Waals surface area (Å²) < 4.78 is 11.5. The van der Waals surface area contributed by atoms with Gasteiger partial charge in [0.1, 0.15) is 11.4 Å². The van der Waals surface area contributed by atoms with E-state index in [0.29, 0.717) is 12.5 Å². The van der Waals surface area contributed by atoms with Crippen molar-refractivity contribution in [2.45, 2.75) is 51.6 Å². The lowest BCUT2D eigenvalue weighted by Crippen LogP contribution is -2.44. The minimum Gasteiger partial charge on any atom is -0.493 e. The minimum atomic E-state index is -0.602. The number of ether oxygens (including phenoxy) is 2. The molecule has 1 aliphatic carbocycles. The summed E-state index contributed by atoms with van der Waals surface area (Å²) in [7, 11) is 0. The van der Waals surface area contributed by atoms with E-state index < -0.39 is 5.60 Å². The maximum Gasteiger partial charge on any atom is 0.194 e. The van der Waals surface area contributed by atoms with E-state index in [2.05, 4.69) is 6.92 Å². The van der Waals surface area contributed by atoms with E-state index >= 15 is 0 Å². The van der Waals surface area contributed by atoms with E-state index in [1.165, 1.54) is 0 Å². The fourth-order valence-corrected chi connectivity index (χ4v) is 3.53. The number of hydrogen-bond acceptors (Lipinski definition) is 3. The first-order valence-electron chi connectivity index (χ1n) is 8.09. The van der Waals surface area contributed by atoms with E-state index in [-0.39, 0.29) is 5.78 Å². The normalized spacial score (nSPS) is 28.0. The monoisotopic (exact) mass is 288 g/mol. The Morgan fingerprint density at radius 3 is 2.86 bits per heavy atom. The standard InChI is InChI=1S/C18H24O3/c1-3-21-18(9-6-13(2)7-10-18)17(19)15-4-5-16-14(12-15)8-11-20-16/h4-5,12-13H,3,6-11H2,1-2H3. The Morgan fingerprint density at radius 2 is 2.14 bits per heavy atom. The van der Waals surface area contributed by atoms with Gasteiger partial charge in [-0.1, -0.05) is 6.92 Å². The maximum atomic E-state index is 13.1. The van der Waals surface area contributed by atoms with Crippen LogP contribution in [0, 0.1) is 5.92 Å². The number of hydrogen-bond donors (Lipinski definition) is 0. The molecule has 21 heavy (non-hydrogen) atoms. The Balaban J connectivity index is 1.87. The van der Waals surface area contributed by atoms with Gasteiger partial charge in [-0.05, 0) is 62.3 Å². The molecular formula is C18H24O3. The largest absolute Gasteiger partial charge is 0.493 e. The van der Waals surface area contributed by atoms with Crippen molar-refractivity contribution in [2.75, 3.05) is 13.2 Å². The van der Waals surface area contributed by atoms with Gasteiger partial charge in [0, 0.05) is 18.6 Å². The molecule has 0 saturated heterocycles. The summed E-state index contributed by atoms with van der Waals surface area (Å²) in [4.78, 5) is 13.1. The number of carbonyl (C=O) groups is 1. The molecule has 3 heteroatoms. The topological polar surface area (TPSA) is 35.5 Å². The fraction of sp³-hybridized carbons (Fsp3) is 0.611. The van der Waals surface area contributed by atoms with E-state index in [0.717, 1.165) is 55.6 Å². The maximum absolute atomic E-state index is 13.1. The molecular weight excluding hydrogens is 264 g/mol. The van der Waals surface area contributed by atoms with Crippen LogP contribution in [0.1, 0.15) is 55.5 Å². The van der Waals surface area contributed by atoms with Crippen LogP contribution >= 0.6 is 0 Å². The summed E-state index contributed by atoms with van der Waals surface area (Å²) in [6.07, 6.45) is 4.72. The van der Waals surface area contributed by atoms with Crippen LogP contribution in [0.5, 0.6) is 5.75 Å². The summed E-state index contributed by atoms with van der Waals surface area (Å²) in [6, 6.07) is 5.83. The molecule has 1 aromatic rings. The van der Waals surface area contributed by atoms with E-state index in [1.54, 1.807) is 0 Å². The molecule has 1 fully saturated rings. The molecule has 0 bridgehead atoms. The second-order valence-electron chi connectivity index (χ2n) is 6.36. The molecule has 0 atom stereocenters. The first-order valence-corrected chi connectivity index (χ1v) is 8.09. The molecule has 0 aromatic heterocycles. The summed E-state index contributed by atoms with van der Waals surface area (Å²) in [6.45, 7) is 5.55. The average Bonchev–Trinajstić information content (AvgIpc) is 2.97. The van der Waals surface area contributed by atoms with Gasteiger partial charge in [0.25, 0.3) is 0 Å². The highest BCUT2D eigenvalue weighted by Crippen LogP contribution is 2.38. The highest BCUT2D eigenvalue weighted by molar-refractivity contribution is 6.03. The van der Waals surface area contributed by atoms with Gasteiger partial charge in [-0.25, -0.2) is 0 Å². The molecule has 0 N–H and O–H groups in total. The molecule has 1 aromatic carbocycles. The summed E-state index contributed by atoms with van der Waals surface area (Å²) in [5.74, 6) is 1.78. The Hall–Kier alpha value is -1.35. The second-order valence-corrected chi connectivity index (χ2v) is 6.36. The number of Topliss-reactive ketones (excluding diaryl/α,β-unsaturated/α-hetero) is 1. The van der Waals surface area contributed by atoms with Crippen molar-refractivity contribution in [1.82, 2.24) is 0 Å². The molecule has 0 unspecified atom stereocenters. The summed E-state index contributed by atoms with van der Waals surface area (Å²) >= 11 is 0. The Morgan fingerprint density at radius 1 is 1.38 bits per heavy atom. The van der Waals surface area contributed by atoms with E-state index in [9.17, 15) is 4.79 Å². The third-order valence-electron chi connectivity index (χ3n) is 4.87. The Labute approximate surface area is 126 Å². The smallest absolute Gasteiger partial charge is 0.194 e. The van der Waals surface area contributed by atoms with Crippen molar-refractivity contribution < 1.29 is 14.3 Å². The van der Waals surface area contributed by atoms with Crippen molar-refractivity contribution in [2.24, 2.45) is 5.92 Å². The molecule has 0 amide bonds. The SMILES string of the molecule is CCOC1(C(=O)c2ccc3c(c2)CCO3)CCC(C)CC1. The Kier molecular flexibility index (Phi) is 4.03. The van der Waals surface area contributed by atoms with Gasteiger partial charge in [0.15, 0.2) is 5.78 Å². The van der Waals surface area contributed by atoms with Gasteiger partial charge < -0.3 is 9.47 Å². The second kappa shape index (κ2) is 5.80. The number of carbonyl (C=O) groups excluding carboxylic acids is 1. The van der Waals surface area contributed by atoms with E-state index in [1.807, 2.05) is 25.1 Å². The molecule has 1 aliphatic heterocycles. The van der Waals surface area contributed by atoms with Crippen LogP contribution < -0.4 is 4.74 Å². The van der Waals surface area contributed by atoms with Crippen molar-refractivity contribution >= 4 is 5.78 Å². The van der Waals surface area contributed by atoms with Crippen LogP contribution in [0.25, 0.3) is 0 Å². The van der Waals surface area contributed by atoms with Crippen molar-refractivity contribution in [3.05, 3.63) is 29.3 Å². The highest BCUT2D eigenvalue weighted by Gasteiger charge is 2.42. The lowest BCUT2D eigenvalue weighted by atomic mass is 9.75. The number of benzene rings is 1. The van der Waals surface area contributed by atoms with Gasteiger partial charge in [-0.2, -0.15) is 0 Å². The van der Waals surface area contributed by atoms with Gasteiger partial charge in [0.2, 0.25) is 0 Å². The van der Waals surface area contributed by atoms with Gasteiger partial charge in [-0.15, -0.1) is 0 Å². The molecule has 2 aliphatic rings. The van der Waals surface area contributed by atoms with Gasteiger partial charge >= 0.3 is 0 Å². The lowest BCUT2D eigenvalue weighted by Gasteiger charge is -2.37. The van der Waals surface area contributed by atoms with Crippen molar-refractivity contribution in [3.8, 4) is 5.75 Å². The third-order valence-corrected chi connectivity index (χ3v) is 4.87. The molecule has 0 spiro atoms. The lowest BCUT2D eigenvalue weighted by molar-refractivity contribution is -0.0474. The number of ketones is 1. The van der Waals surface area contributed by atoms with Gasteiger partial charge in [0.05, 0.1) is 6.61 Å².